The van der Waals surface area contributed by atoms with E-state index in [1.54, 1.807) is 0 Å². The number of nitrogens with zero attached hydrogens (tertiary/aromatic N) is 1. The summed E-state index contributed by atoms with van der Waals surface area (Å²) in [5, 5.41) is 3.59. The van der Waals surface area contributed by atoms with Crippen LogP contribution in [0, 0.1) is 0 Å². The van der Waals surface area contributed by atoms with Crippen LogP contribution in [0.15, 0.2) is 12.3 Å². The predicted molar refractivity (Wildman–Crippen MR) is 64.0 cm³/mol. The highest BCUT2D eigenvalue weighted by molar-refractivity contribution is 6.36. The SMILES string of the molecule is O=C(NC1CCCC1)c1cnc(Cl)cc1Cl. The summed E-state index contributed by atoms with van der Waals surface area (Å²) < 4.78 is 0. The Hall–Kier alpha value is -0.800. The monoisotopic (exact) mass is 258 g/mol. The standard InChI is InChI=1S/C11H12Cl2N2O/c12-9-5-10(13)14-6-8(9)11(16)15-7-3-1-2-4-7/h5-7H,1-4H2,(H,15,16). The minimum atomic E-state index is -0.166. The zero-order chi connectivity index (χ0) is 11.5. The maximum Gasteiger partial charge on any atom is 0.254 e. The molecule has 86 valence electrons. The Morgan fingerprint density at radius 3 is 2.69 bits per heavy atom. The van der Waals surface area contributed by atoms with Crippen molar-refractivity contribution in [2.75, 3.05) is 0 Å². The first-order valence-corrected chi connectivity index (χ1v) is 6.04. The predicted octanol–water partition coefficient (Wildman–Crippen LogP) is 3.06. The molecule has 2 rings (SSSR count). The van der Waals surface area contributed by atoms with Crippen LogP contribution in [0.25, 0.3) is 0 Å². The van der Waals surface area contributed by atoms with Gasteiger partial charge in [-0.3, -0.25) is 4.79 Å². The lowest BCUT2D eigenvalue weighted by Crippen LogP contribution is -2.32. The summed E-state index contributed by atoms with van der Waals surface area (Å²) in [7, 11) is 0. The summed E-state index contributed by atoms with van der Waals surface area (Å²) >= 11 is 11.6. The topological polar surface area (TPSA) is 42.0 Å². The number of rotatable bonds is 2. The van der Waals surface area contributed by atoms with Crippen LogP contribution >= 0.6 is 23.2 Å². The van der Waals surface area contributed by atoms with E-state index in [0.717, 1.165) is 12.8 Å². The van der Waals surface area contributed by atoms with Crippen molar-refractivity contribution < 1.29 is 4.79 Å². The minimum Gasteiger partial charge on any atom is -0.349 e. The molecule has 0 bridgehead atoms. The number of hydrogen-bond donors (Lipinski definition) is 1. The highest BCUT2D eigenvalue weighted by Gasteiger charge is 2.19. The Morgan fingerprint density at radius 2 is 2.06 bits per heavy atom. The van der Waals surface area contributed by atoms with Crippen molar-refractivity contribution in [3.63, 3.8) is 0 Å². The number of amides is 1. The average Bonchev–Trinajstić information content (AvgIpc) is 2.70. The van der Waals surface area contributed by atoms with E-state index in [1.807, 2.05) is 0 Å². The fourth-order valence-corrected chi connectivity index (χ4v) is 2.36. The van der Waals surface area contributed by atoms with Gasteiger partial charge in [0, 0.05) is 12.2 Å². The lowest BCUT2D eigenvalue weighted by Gasteiger charge is -2.12. The van der Waals surface area contributed by atoms with Gasteiger partial charge in [0.1, 0.15) is 5.15 Å². The second kappa shape index (κ2) is 5.02. The quantitative estimate of drug-likeness (QED) is 0.829. The zero-order valence-corrected chi connectivity index (χ0v) is 10.2. The molecule has 1 fully saturated rings. The van der Waals surface area contributed by atoms with Crippen LogP contribution in [-0.4, -0.2) is 16.9 Å². The summed E-state index contributed by atoms with van der Waals surface area (Å²) in [6.45, 7) is 0. The zero-order valence-electron chi connectivity index (χ0n) is 8.67. The number of halogens is 2. The molecule has 5 heteroatoms. The molecule has 0 aliphatic heterocycles. The summed E-state index contributed by atoms with van der Waals surface area (Å²) in [6, 6.07) is 1.76. The van der Waals surface area contributed by atoms with Gasteiger partial charge in [-0.1, -0.05) is 36.0 Å². The van der Waals surface area contributed by atoms with Crippen molar-refractivity contribution in [1.82, 2.24) is 10.3 Å². The molecule has 1 aliphatic carbocycles. The smallest absolute Gasteiger partial charge is 0.254 e. The first kappa shape index (κ1) is 11.7. The molecular weight excluding hydrogens is 247 g/mol. The molecule has 0 unspecified atom stereocenters. The second-order valence-corrected chi connectivity index (χ2v) is 4.74. The number of pyridine rings is 1. The molecule has 1 heterocycles. The fraction of sp³-hybridized carbons (Fsp3) is 0.455. The molecule has 1 aromatic rings. The molecule has 16 heavy (non-hydrogen) atoms. The van der Waals surface area contributed by atoms with Crippen LogP contribution in [0.4, 0.5) is 0 Å². The largest absolute Gasteiger partial charge is 0.349 e. The fourth-order valence-electron chi connectivity index (χ4n) is 1.91. The van der Waals surface area contributed by atoms with Crippen LogP contribution in [0.5, 0.6) is 0 Å². The number of carbonyl (C=O) groups is 1. The van der Waals surface area contributed by atoms with Crippen molar-refractivity contribution in [2.24, 2.45) is 0 Å². The minimum absolute atomic E-state index is 0.166. The van der Waals surface area contributed by atoms with Gasteiger partial charge in [-0.25, -0.2) is 4.98 Å². The van der Waals surface area contributed by atoms with Crippen molar-refractivity contribution in [2.45, 2.75) is 31.7 Å². The average molecular weight is 259 g/mol. The van der Waals surface area contributed by atoms with Crippen molar-refractivity contribution in [3.8, 4) is 0 Å². The van der Waals surface area contributed by atoms with E-state index in [2.05, 4.69) is 10.3 Å². The molecule has 1 N–H and O–H groups in total. The van der Waals surface area contributed by atoms with Gasteiger partial charge in [0.05, 0.1) is 10.6 Å². The van der Waals surface area contributed by atoms with Gasteiger partial charge < -0.3 is 5.32 Å². The first-order valence-electron chi connectivity index (χ1n) is 5.29. The maximum absolute atomic E-state index is 11.9. The van der Waals surface area contributed by atoms with E-state index in [0.29, 0.717) is 15.7 Å². The van der Waals surface area contributed by atoms with Crippen molar-refractivity contribution in [3.05, 3.63) is 28.0 Å². The number of nitrogens with one attached hydrogen (secondary N) is 1. The Labute approximate surface area is 104 Å². The van der Waals surface area contributed by atoms with Gasteiger partial charge in [0.15, 0.2) is 0 Å². The molecule has 0 saturated heterocycles. The molecule has 0 aromatic carbocycles. The van der Waals surface area contributed by atoms with Gasteiger partial charge in [-0.05, 0) is 18.9 Å². The van der Waals surface area contributed by atoms with Gasteiger partial charge in [0.2, 0.25) is 0 Å². The lowest BCUT2D eigenvalue weighted by molar-refractivity contribution is 0.0937. The van der Waals surface area contributed by atoms with E-state index in [4.69, 9.17) is 23.2 Å². The summed E-state index contributed by atoms with van der Waals surface area (Å²) in [5.41, 5.74) is 0.387. The van der Waals surface area contributed by atoms with E-state index < -0.39 is 0 Å². The molecule has 1 aliphatic rings. The third-order valence-corrected chi connectivity index (χ3v) is 3.27. The number of hydrogen-bond acceptors (Lipinski definition) is 2. The summed E-state index contributed by atoms with van der Waals surface area (Å²) in [4.78, 5) is 15.7. The van der Waals surface area contributed by atoms with Gasteiger partial charge in [-0.2, -0.15) is 0 Å². The highest BCUT2D eigenvalue weighted by atomic mass is 35.5. The van der Waals surface area contributed by atoms with Crippen molar-refractivity contribution in [1.29, 1.82) is 0 Å². The Morgan fingerprint density at radius 1 is 1.38 bits per heavy atom. The van der Waals surface area contributed by atoms with Crippen LogP contribution < -0.4 is 5.32 Å². The molecule has 1 aromatic heterocycles. The molecule has 0 radical (unpaired) electrons. The van der Waals surface area contributed by atoms with E-state index in [1.165, 1.54) is 25.1 Å². The highest BCUT2D eigenvalue weighted by Crippen LogP contribution is 2.21. The lowest BCUT2D eigenvalue weighted by atomic mass is 10.2. The third kappa shape index (κ3) is 2.66. The molecule has 1 saturated carbocycles. The van der Waals surface area contributed by atoms with Gasteiger partial charge in [-0.15, -0.1) is 0 Å². The molecule has 0 atom stereocenters. The van der Waals surface area contributed by atoms with Crippen LogP contribution in [-0.2, 0) is 0 Å². The van der Waals surface area contributed by atoms with Crippen LogP contribution in [0.1, 0.15) is 36.0 Å². The van der Waals surface area contributed by atoms with Gasteiger partial charge >= 0.3 is 0 Å². The van der Waals surface area contributed by atoms with Crippen LogP contribution in [0.2, 0.25) is 10.2 Å². The number of aromatic nitrogens is 1. The van der Waals surface area contributed by atoms with Crippen LogP contribution in [0.3, 0.4) is 0 Å². The maximum atomic E-state index is 11.9. The summed E-state index contributed by atoms with van der Waals surface area (Å²) in [5.74, 6) is -0.166. The van der Waals surface area contributed by atoms with E-state index >= 15 is 0 Å². The van der Waals surface area contributed by atoms with Gasteiger partial charge in [0.25, 0.3) is 5.91 Å². The summed E-state index contributed by atoms with van der Waals surface area (Å²) in [6.07, 6.45) is 5.86. The van der Waals surface area contributed by atoms with E-state index in [9.17, 15) is 4.79 Å². The molecular formula is C11H12Cl2N2O. The third-order valence-electron chi connectivity index (χ3n) is 2.76. The first-order chi connectivity index (χ1) is 7.66. The normalized spacial score (nSPS) is 16.4. The molecule has 0 spiro atoms. The van der Waals surface area contributed by atoms with E-state index in [-0.39, 0.29) is 11.9 Å². The molecule has 1 amide bonds. The number of carbonyl (C=O) groups excluding carboxylic acids is 1. The Kier molecular flexibility index (Phi) is 3.66. The second-order valence-electron chi connectivity index (χ2n) is 3.94. The molecule has 3 nitrogen and oxygen atoms in total. The Balaban J connectivity index is 2.08. The Bertz CT molecular complexity index is 403. The van der Waals surface area contributed by atoms with Crippen molar-refractivity contribution >= 4 is 29.1 Å².